The topological polar surface area (TPSA) is 51.8 Å². The molecule has 0 aliphatic carbocycles. The van der Waals surface area contributed by atoms with E-state index in [1.165, 1.54) is 0 Å². The molecule has 0 amide bonds. The standard InChI is InChI=1S/C11H10ClN3/c12-11-9(2-1-4-15-11)6-8-3-5-14-10(13)7-8/h1-5,7H,6H2,(H2,13,14). The largest absolute Gasteiger partial charge is 0.384 e. The van der Waals surface area contributed by atoms with Crippen molar-refractivity contribution in [3.05, 3.63) is 52.9 Å². The predicted octanol–water partition coefficient (Wildman–Crippen LogP) is 2.30. The van der Waals surface area contributed by atoms with Crippen molar-refractivity contribution in [3.63, 3.8) is 0 Å². The Bertz CT molecular complexity index is 471. The van der Waals surface area contributed by atoms with Gasteiger partial charge in [-0.1, -0.05) is 17.7 Å². The average Bonchev–Trinajstić information content (AvgIpc) is 2.22. The van der Waals surface area contributed by atoms with E-state index in [1.807, 2.05) is 24.3 Å². The summed E-state index contributed by atoms with van der Waals surface area (Å²) in [4.78, 5) is 7.95. The number of rotatable bonds is 2. The molecule has 4 heteroatoms. The quantitative estimate of drug-likeness (QED) is 0.789. The highest BCUT2D eigenvalue weighted by atomic mass is 35.5. The van der Waals surface area contributed by atoms with Gasteiger partial charge in [0.15, 0.2) is 0 Å². The van der Waals surface area contributed by atoms with E-state index in [4.69, 9.17) is 17.3 Å². The highest BCUT2D eigenvalue weighted by Crippen LogP contribution is 2.16. The number of hydrogen-bond donors (Lipinski definition) is 1. The molecule has 76 valence electrons. The zero-order valence-electron chi connectivity index (χ0n) is 8.02. The van der Waals surface area contributed by atoms with Crippen LogP contribution in [0.25, 0.3) is 0 Å². The van der Waals surface area contributed by atoms with Gasteiger partial charge in [-0.05, 0) is 29.3 Å². The number of nitrogen functional groups attached to an aromatic ring is 1. The summed E-state index contributed by atoms with van der Waals surface area (Å²) in [6.45, 7) is 0. The molecular formula is C11H10ClN3. The highest BCUT2D eigenvalue weighted by Gasteiger charge is 2.02. The fourth-order valence-corrected chi connectivity index (χ4v) is 1.56. The lowest BCUT2D eigenvalue weighted by Crippen LogP contribution is -1.94. The van der Waals surface area contributed by atoms with E-state index in [-0.39, 0.29) is 0 Å². The fraction of sp³-hybridized carbons (Fsp3) is 0.0909. The molecule has 0 saturated carbocycles. The first kappa shape index (κ1) is 9.93. The van der Waals surface area contributed by atoms with Crippen LogP contribution >= 0.6 is 11.6 Å². The van der Waals surface area contributed by atoms with Gasteiger partial charge in [-0.3, -0.25) is 0 Å². The molecule has 0 atom stereocenters. The number of aromatic nitrogens is 2. The molecule has 0 bridgehead atoms. The van der Waals surface area contributed by atoms with E-state index >= 15 is 0 Å². The molecule has 0 radical (unpaired) electrons. The minimum Gasteiger partial charge on any atom is -0.384 e. The average molecular weight is 220 g/mol. The molecule has 0 spiro atoms. The van der Waals surface area contributed by atoms with Gasteiger partial charge in [-0.2, -0.15) is 0 Å². The lowest BCUT2D eigenvalue weighted by molar-refractivity contribution is 1.13. The predicted molar refractivity (Wildman–Crippen MR) is 60.7 cm³/mol. The van der Waals surface area contributed by atoms with E-state index < -0.39 is 0 Å². The third kappa shape index (κ3) is 2.44. The summed E-state index contributed by atoms with van der Waals surface area (Å²) in [6, 6.07) is 7.57. The maximum absolute atomic E-state index is 5.96. The molecule has 0 aliphatic heterocycles. The van der Waals surface area contributed by atoms with Crippen molar-refractivity contribution in [1.82, 2.24) is 9.97 Å². The van der Waals surface area contributed by atoms with Crippen molar-refractivity contribution >= 4 is 17.4 Å². The van der Waals surface area contributed by atoms with Crippen LogP contribution in [0.1, 0.15) is 11.1 Å². The third-order valence-electron chi connectivity index (χ3n) is 2.08. The van der Waals surface area contributed by atoms with Crippen molar-refractivity contribution in [2.75, 3.05) is 5.73 Å². The van der Waals surface area contributed by atoms with Crippen LogP contribution in [0, 0.1) is 0 Å². The van der Waals surface area contributed by atoms with Crippen molar-refractivity contribution < 1.29 is 0 Å². The van der Waals surface area contributed by atoms with Crippen LogP contribution in [0.3, 0.4) is 0 Å². The number of nitrogens with zero attached hydrogens (tertiary/aromatic N) is 2. The van der Waals surface area contributed by atoms with Gasteiger partial charge in [-0.25, -0.2) is 9.97 Å². The molecule has 2 aromatic heterocycles. The second-order valence-corrected chi connectivity index (χ2v) is 3.58. The highest BCUT2D eigenvalue weighted by molar-refractivity contribution is 6.30. The number of hydrogen-bond acceptors (Lipinski definition) is 3. The molecule has 0 fully saturated rings. The van der Waals surface area contributed by atoms with Gasteiger partial charge in [-0.15, -0.1) is 0 Å². The Kier molecular flexibility index (Phi) is 2.83. The van der Waals surface area contributed by atoms with Crippen LogP contribution in [-0.4, -0.2) is 9.97 Å². The van der Waals surface area contributed by atoms with Gasteiger partial charge in [0.25, 0.3) is 0 Å². The summed E-state index contributed by atoms with van der Waals surface area (Å²) in [7, 11) is 0. The lowest BCUT2D eigenvalue weighted by Gasteiger charge is -2.03. The minimum absolute atomic E-state index is 0.521. The summed E-state index contributed by atoms with van der Waals surface area (Å²) >= 11 is 5.96. The van der Waals surface area contributed by atoms with E-state index in [1.54, 1.807) is 12.4 Å². The SMILES string of the molecule is Nc1cc(Cc2cccnc2Cl)ccn1. The molecule has 2 heterocycles. The number of anilines is 1. The van der Waals surface area contributed by atoms with Gasteiger partial charge < -0.3 is 5.73 Å². The molecule has 0 unspecified atom stereocenters. The Hall–Kier alpha value is -1.61. The molecule has 2 aromatic rings. The van der Waals surface area contributed by atoms with Crippen LogP contribution < -0.4 is 5.73 Å². The Morgan fingerprint density at radius 1 is 1.20 bits per heavy atom. The van der Waals surface area contributed by atoms with Gasteiger partial charge >= 0.3 is 0 Å². The molecule has 15 heavy (non-hydrogen) atoms. The third-order valence-corrected chi connectivity index (χ3v) is 2.42. The van der Waals surface area contributed by atoms with Crippen molar-refractivity contribution in [2.24, 2.45) is 0 Å². The summed E-state index contributed by atoms with van der Waals surface area (Å²) < 4.78 is 0. The van der Waals surface area contributed by atoms with Gasteiger partial charge in [0.05, 0.1) is 0 Å². The van der Waals surface area contributed by atoms with Crippen LogP contribution in [0.5, 0.6) is 0 Å². The smallest absolute Gasteiger partial charge is 0.132 e. The van der Waals surface area contributed by atoms with Gasteiger partial charge in [0.1, 0.15) is 11.0 Å². The number of nitrogens with two attached hydrogens (primary N) is 1. The number of halogens is 1. The second kappa shape index (κ2) is 4.28. The van der Waals surface area contributed by atoms with Gasteiger partial charge in [0.2, 0.25) is 0 Å². The maximum atomic E-state index is 5.96. The van der Waals surface area contributed by atoms with Gasteiger partial charge in [0, 0.05) is 18.8 Å². The first-order valence-electron chi connectivity index (χ1n) is 4.55. The van der Waals surface area contributed by atoms with Crippen LogP contribution in [0.4, 0.5) is 5.82 Å². The van der Waals surface area contributed by atoms with Crippen molar-refractivity contribution in [3.8, 4) is 0 Å². The van der Waals surface area contributed by atoms with E-state index in [9.17, 15) is 0 Å². The first-order chi connectivity index (χ1) is 7.25. The lowest BCUT2D eigenvalue weighted by atomic mass is 10.1. The summed E-state index contributed by atoms with van der Waals surface area (Å²) in [5, 5.41) is 0.535. The molecule has 2 N–H and O–H groups in total. The van der Waals surface area contributed by atoms with Crippen molar-refractivity contribution in [2.45, 2.75) is 6.42 Å². The van der Waals surface area contributed by atoms with E-state index in [0.29, 0.717) is 11.0 Å². The van der Waals surface area contributed by atoms with Crippen LogP contribution in [0.2, 0.25) is 5.15 Å². The number of pyridine rings is 2. The molecule has 0 aliphatic rings. The summed E-state index contributed by atoms with van der Waals surface area (Å²) in [5.74, 6) is 0.521. The first-order valence-corrected chi connectivity index (χ1v) is 4.93. The van der Waals surface area contributed by atoms with Crippen LogP contribution in [0.15, 0.2) is 36.7 Å². The zero-order chi connectivity index (χ0) is 10.7. The van der Waals surface area contributed by atoms with E-state index in [0.717, 1.165) is 17.5 Å². The Morgan fingerprint density at radius 3 is 2.80 bits per heavy atom. The molecular weight excluding hydrogens is 210 g/mol. The molecule has 3 nitrogen and oxygen atoms in total. The summed E-state index contributed by atoms with van der Waals surface area (Å²) in [6.07, 6.45) is 4.08. The Labute approximate surface area is 92.9 Å². The molecule has 0 aromatic carbocycles. The van der Waals surface area contributed by atoms with Crippen molar-refractivity contribution in [1.29, 1.82) is 0 Å². The fourth-order valence-electron chi connectivity index (χ4n) is 1.38. The van der Waals surface area contributed by atoms with Crippen LogP contribution in [-0.2, 0) is 6.42 Å². The second-order valence-electron chi connectivity index (χ2n) is 3.22. The zero-order valence-corrected chi connectivity index (χ0v) is 8.78. The molecule has 0 saturated heterocycles. The Balaban J connectivity index is 2.26. The minimum atomic E-state index is 0.521. The van der Waals surface area contributed by atoms with E-state index in [2.05, 4.69) is 9.97 Å². The Morgan fingerprint density at radius 2 is 2.07 bits per heavy atom. The monoisotopic (exact) mass is 219 g/mol. The molecule has 2 rings (SSSR count). The normalized spacial score (nSPS) is 10.2. The maximum Gasteiger partial charge on any atom is 0.132 e. The summed E-state index contributed by atoms with van der Waals surface area (Å²) in [5.41, 5.74) is 7.66.